The zero-order chi connectivity index (χ0) is 26.0. The van der Waals surface area contributed by atoms with Gasteiger partial charge >= 0.3 is 5.97 Å². The van der Waals surface area contributed by atoms with Crippen molar-refractivity contribution in [1.82, 2.24) is 9.80 Å². The van der Waals surface area contributed by atoms with Gasteiger partial charge in [-0.2, -0.15) is 0 Å². The minimum Gasteiger partial charge on any atom is -0.461 e. The maximum atomic E-state index is 14.2. The van der Waals surface area contributed by atoms with Crippen LogP contribution < -0.4 is 0 Å². The van der Waals surface area contributed by atoms with E-state index in [2.05, 4.69) is 13.2 Å². The Kier molecular flexibility index (Phi) is 8.16. The number of unbranched alkanes of at least 4 members (excludes halogenated alkanes) is 3. The van der Waals surface area contributed by atoms with Crippen molar-refractivity contribution < 1.29 is 29.0 Å². The van der Waals surface area contributed by atoms with Crippen LogP contribution in [0, 0.1) is 11.8 Å². The van der Waals surface area contributed by atoms with Crippen LogP contribution in [-0.2, 0) is 23.9 Å². The van der Waals surface area contributed by atoms with Gasteiger partial charge in [-0.15, -0.1) is 6.58 Å². The first-order valence-electron chi connectivity index (χ1n) is 12.8. The lowest BCUT2D eigenvalue weighted by Gasteiger charge is -2.42. The maximum absolute atomic E-state index is 14.2. The van der Waals surface area contributed by atoms with Crippen LogP contribution >= 0.6 is 0 Å². The van der Waals surface area contributed by atoms with Crippen LogP contribution in [0.5, 0.6) is 0 Å². The molecule has 8 nitrogen and oxygen atoms in total. The molecular formula is C27H42N2O6. The minimum absolute atomic E-state index is 0.0629. The Labute approximate surface area is 209 Å². The number of nitrogens with zero attached hydrogens (tertiary/aromatic N) is 2. The van der Waals surface area contributed by atoms with Crippen LogP contribution in [0.4, 0.5) is 0 Å². The molecule has 1 spiro atoms. The van der Waals surface area contributed by atoms with Gasteiger partial charge in [0.25, 0.3) is 0 Å². The largest absolute Gasteiger partial charge is 0.461 e. The Morgan fingerprint density at radius 2 is 1.89 bits per heavy atom. The van der Waals surface area contributed by atoms with Crippen LogP contribution in [-0.4, -0.2) is 81.8 Å². The number of likely N-dealkylation sites (tertiary alicyclic amines) is 1. The Balaban J connectivity index is 2.00. The zero-order valence-electron chi connectivity index (χ0n) is 21.8. The number of fused-ring (bicyclic) bond motifs is 1. The number of carbonyl (C=O) groups is 3. The Morgan fingerprint density at radius 3 is 2.49 bits per heavy atom. The van der Waals surface area contributed by atoms with Gasteiger partial charge in [0, 0.05) is 25.2 Å². The number of hydrogen-bond donors (Lipinski definition) is 1. The maximum Gasteiger partial charge on any atom is 0.313 e. The van der Waals surface area contributed by atoms with E-state index in [1.165, 1.54) is 6.08 Å². The lowest BCUT2D eigenvalue weighted by molar-refractivity contribution is -0.160. The van der Waals surface area contributed by atoms with Gasteiger partial charge in [0.15, 0.2) is 0 Å². The standard InChI is InChI=1S/C27H42N2O6/c1-7-15-29(25(3,4)5)23(32)21-27-14-13-26(6,35-27)20(24(33)34-18-8-2)19(27)22(31)28(21)16-11-9-10-12-17-30/h7-8,19-21,30H,1-2,9-18H2,3-6H3/t19-,20+,21?,26-,27?/m0/s1. The summed E-state index contributed by atoms with van der Waals surface area (Å²) in [5.41, 5.74) is -2.40. The molecule has 3 heterocycles. The Hall–Kier alpha value is -2.19. The SMILES string of the molecule is C=CCOC(=O)[C@H]1[C@H]2C(=O)N(CCCCCCO)C(C(=O)N(CC=C)C(C)(C)C)C23CC[C@]1(C)O3. The van der Waals surface area contributed by atoms with Crippen molar-refractivity contribution in [2.75, 3.05) is 26.3 Å². The molecule has 0 aromatic carbocycles. The van der Waals surface area contributed by atoms with Gasteiger partial charge in [0.05, 0.1) is 11.5 Å². The number of esters is 1. The normalized spacial score (nSPS) is 31.4. The first-order chi connectivity index (χ1) is 16.5. The molecule has 0 saturated carbocycles. The minimum atomic E-state index is -1.06. The number of ether oxygens (including phenoxy) is 2. The molecule has 3 rings (SSSR count). The van der Waals surface area contributed by atoms with E-state index < -0.39 is 40.6 Å². The van der Waals surface area contributed by atoms with Gasteiger partial charge in [0.1, 0.15) is 24.2 Å². The molecule has 3 aliphatic rings. The molecule has 5 atom stereocenters. The fourth-order valence-electron chi connectivity index (χ4n) is 6.25. The van der Waals surface area contributed by atoms with Gasteiger partial charge in [-0.25, -0.2) is 0 Å². The molecule has 1 N–H and O–H groups in total. The second kappa shape index (κ2) is 10.4. The molecule has 0 aromatic rings. The summed E-state index contributed by atoms with van der Waals surface area (Å²) in [6, 6.07) is -0.809. The van der Waals surface area contributed by atoms with Gasteiger partial charge < -0.3 is 24.4 Å². The summed E-state index contributed by atoms with van der Waals surface area (Å²) in [7, 11) is 0. The fraction of sp³-hybridized carbons (Fsp3) is 0.741. The average Bonchev–Trinajstić information content (AvgIpc) is 3.35. The van der Waals surface area contributed by atoms with Crippen LogP contribution in [0.25, 0.3) is 0 Å². The van der Waals surface area contributed by atoms with Gasteiger partial charge in [-0.3, -0.25) is 14.4 Å². The highest BCUT2D eigenvalue weighted by atomic mass is 16.6. The lowest BCUT2D eigenvalue weighted by atomic mass is 9.66. The van der Waals surface area contributed by atoms with Crippen molar-refractivity contribution in [2.45, 2.75) is 89.0 Å². The topological polar surface area (TPSA) is 96.4 Å². The predicted molar refractivity (Wildman–Crippen MR) is 132 cm³/mol. The van der Waals surface area contributed by atoms with Gasteiger partial charge in [-0.05, 0) is 53.4 Å². The third kappa shape index (κ3) is 4.79. The van der Waals surface area contributed by atoms with Gasteiger partial charge in [-0.1, -0.05) is 31.6 Å². The molecule has 0 aliphatic carbocycles. The highest BCUT2D eigenvalue weighted by Gasteiger charge is 2.78. The molecule has 3 aliphatic heterocycles. The fourth-order valence-corrected chi connectivity index (χ4v) is 6.25. The molecule has 196 valence electrons. The van der Waals surface area contributed by atoms with Crippen molar-refractivity contribution in [2.24, 2.45) is 11.8 Å². The summed E-state index contributed by atoms with van der Waals surface area (Å²) in [6.07, 6.45) is 7.41. The summed E-state index contributed by atoms with van der Waals surface area (Å²) in [5.74, 6) is -2.37. The van der Waals surface area contributed by atoms with Crippen molar-refractivity contribution in [3.8, 4) is 0 Å². The molecule has 3 fully saturated rings. The summed E-state index contributed by atoms with van der Waals surface area (Å²) in [5, 5.41) is 9.08. The monoisotopic (exact) mass is 490 g/mol. The van der Waals surface area contributed by atoms with Crippen molar-refractivity contribution in [3.05, 3.63) is 25.3 Å². The van der Waals surface area contributed by atoms with E-state index in [0.29, 0.717) is 38.8 Å². The highest BCUT2D eigenvalue weighted by Crippen LogP contribution is 2.63. The van der Waals surface area contributed by atoms with E-state index >= 15 is 0 Å². The quantitative estimate of drug-likeness (QED) is 0.257. The second-order valence-corrected chi connectivity index (χ2v) is 11.2. The lowest BCUT2D eigenvalue weighted by Crippen LogP contribution is -2.60. The van der Waals surface area contributed by atoms with Crippen LogP contribution in [0.15, 0.2) is 25.3 Å². The third-order valence-electron chi connectivity index (χ3n) is 7.80. The second-order valence-electron chi connectivity index (χ2n) is 11.2. The van der Waals surface area contributed by atoms with E-state index in [4.69, 9.17) is 14.6 Å². The first-order valence-corrected chi connectivity index (χ1v) is 12.8. The first kappa shape index (κ1) is 27.4. The Morgan fingerprint density at radius 1 is 1.20 bits per heavy atom. The summed E-state index contributed by atoms with van der Waals surface area (Å²) < 4.78 is 12.0. The summed E-state index contributed by atoms with van der Waals surface area (Å²) in [4.78, 5) is 44.7. The van der Waals surface area contributed by atoms with Crippen LogP contribution in [0.2, 0.25) is 0 Å². The van der Waals surface area contributed by atoms with Crippen LogP contribution in [0.1, 0.15) is 66.2 Å². The molecule has 2 unspecified atom stereocenters. The van der Waals surface area contributed by atoms with Crippen molar-refractivity contribution >= 4 is 17.8 Å². The van der Waals surface area contributed by atoms with E-state index in [-0.39, 0.29) is 25.0 Å². The van der Waals surface area contributed by atoms with Crippen LogP contribution in [0.3, 0.4) is 0 Å². The van der Waals surface area contributed by atoms with Crippen molar-refractivity contribution in [1.29, 1.82) is 0 Å². The molecule has 0 aromatic heterocycles. The molecule has 8 heteroatoms. The predicted octanol–water partition coefficient (Wildman–Crippen LogP) is 2.85. The summed E-state index contributed by atoms with van der Waals surface area (Å²) in [6.45, 7) is 16.1. The number of amides is 2. The van der Waals surface area contributed by atoms with E-state index in [0.717, 1.165) is 12.8 Å². The third-order valence-corrected chi connectivity index (χ3v) is 7.80. The number of rotatable bonds is 12. The number of carbonyl (C=O) groups excluding carboxylic acids is 3. The van der Waals surface area contributed by atoms with E-state index in [1.54, 1.807) is 15.9 Å². The zero-order valence-corrected chi connectivity index (χ0v) is 21.8. The van der Waals surface area contributed by atoms with Crippen molar-refractivity contribution in [3.63, 3.8) is 0 Å². The Bertz CT molecular complexity index is 851. The molecular weight excluding hydrogens is 448 g/mol. The number of aliphatic hydroxyl groups excluding tert-OH is 1. The summed E-state index contributed by atoms with van der Waals surface area (Å²) >= 11 is 0. The molecule has 3 saturated heterocycles. The molecule has 0 radical (unpaired) electrons. The number of hydrogen-bond acceptors (Lipinski definition) is 6. The molecule has 2 bridgehead atoms. The van der Waals surface area contributed by atoms with E-state index in [1.807, 2.05) is 27.7 Å². The smallest absolute Gasteiger partial charge is 0.313 e. The van der Waals surface area contributed by atoms with E-state index in [9.17, 15) is 14.4 Å². The highest BCUT2D eigenvalue weighted by molar-refractivity contribution is 5.98. The van der Waals surface area contributed by atoms with Gasteiger partial charge in [0.2, 0.25) is 11.8 Å². The average molecular weight is 491 g/mol. The molecule has 2 amide bonds. The molecule has 35 heavy (non-hydrogen) atoms. The number of aliphatic hydroxyl groups is 1.